The minimum atomic E-state index is -0.419. The molecule has 0 spiro atoms. The van der Waals surface area contributed by atoms with Crippen molar-refractivity contribution in [2.45, 2.75) is 12.5 Å². The van der Waals surface area contributed by atoms with Gasteiger partial charge in [0.1, 0.15) is 5.82 Å². The molecule has 1 aromatic carbocycles. The molecule has 0 aliphatic rings. The Morgan fingerprint density at radius 3 is 2.77 bits per heavy atom. The molecule has 0 aromatic heterocycles. The molecule has 0 saturated heterocycles. The normalized spacial score (nSPS) is 12.5. The molecule has 0 fully saturated rings. The second-order valence-corrected chi connectivity index (χ2v) is 2.91. The molecule has 0 heterocycles. The van der Waals surface area contributed by atoms with Gasteiger partial charge in [0.25, 0.3) is 0 Å². The van der Waals surface area contributed by atoms with E-state index in [9.17, 15) is 4.39 Å². The summed E-state index contributed by atoms with van der Waals surface area (Å²) in [5, 5.41) is 0. The molecule has 1 atom stereocenters. The van der Waals surface area contributed by atoms with Gasteiger partial charge in [0.2, 0.25) is 0 Å². The van der Waals surface area contributed by atoms with Gasteiger partial charge in [-0.15, -0.1) is 6.58 Å². The first-order chi connectivity index (χ1) is 6.15. The summed E-state index contributed by atoms with van der Waals surface area (Å²) in [5.41, 5.74) is 12.0. The van der Waals surface area contributed by atoms with Gasteiger partial charge in [-0.05, 0) is 24.1 Å². The van der Waals surface area contributed by atoms with Crippen LogP contribution in [0.15, 0.2) is 30.9 Å². The van der Waals surface area contributed by atoms with E-state index >= 15 is 0 Å². The Labute approximate surface area is 77.0 Å². The molecule has 3 heteroatoms. The van der Waals surface area contributed by atoms with Gasteiger partial charge in [0, 0.05) is 6.04 Å². The lowest BCUT2D eigenvalue weighted by molar-refractivity contribution is 0.624. The van der Waals surface area contributed by atoms with Gasteiger partial charge in [-0.3, -0.25) is 0 Å². The van der Waals surface area contributed by atoms with E-state index in [2.05, 4.69) is 6.58 Å². The predicted octanol–water partition coefficient (Wildman–Crippen LogP) is 1.98. The lowest BCUT2D eigenvalue weighted by atomic mass is 10.0. The summed E-state index contributed by atoms with van der Waals surface area (Å²) in [4.78, 5) is 0. The van der Waals surface area contributed by atoms with Crippen LogP contribution in [0.2, 0.25) is 0 Å². The zero-order valence-electron chi connectivity index (χ0n) is 7.33. The highest BCUT2D eigenvalue weighted by Gasteiger charge is 2.06. The Morgan fingerprint density at radius 2 is 2.23 bits per heavy atom. The van der Waals surface area contributed by atoms with Crippen LogP contribution in [-0.2, 0) is 0 Å². The first-order valence-electron chi connectivity index (χ1n) is 4.06. The van der Waals surface area contributed by atoms with Crippen LogP contribution < -0.4 is 11.5 Å². The number of hydrogen-bond acceptors (Lipinski definition) is 2. The third-order valence-electron chi connectivity index (χ3n) is 1.87. The fourth-order valence-electron chi connectivity index (χ4n) is 1.09. The molecular weight excluding hydrogens is 167 g/mol. The van der Waals surface area contributed by atoms with Gasteiger partial charge in [-0.25, -0.2) is 4.39 Å². The smallest absolute Gasteiger partial charge is 0.146 e. The summed E-state index contributed by atoms with van der Waals surface area (Å²) < 4.78 is 13.0. The Balaban J connectivity index is 2.89. The summed E-state index contributed by atoms with van der Waals surface area (Å²) in [5.74, 6) is -0.419. The molecule has 2 nitrogen and oxygen atoms in total. The molecule has 0 radical (unpaired) electrons. The molecule has 0 bridgehead atoms. The van der Waals surface area contributed by atoms with Gasteiger partial charge < -0.3 is 11.5 Å². The van der Waals surface area contributed by atoms with Crippen LogP contribution in [0.25, 0.3) is 0 Å². The first kappa shape index (κ1) is 9.74. The average molecular weight is 180 g/mol. The molecule has 1 aromatic rings. The van der Waals surface area contributed by atoms with Crippen LogP contribution in [0.1, 0.15) is 18.0 Å². The number of rotatable bonds is 3. The summed E-state index contributed by atoms with van der Waals surface area (Å²) >= 11 is 0. The van der Waals surface area contributed by atoms with Crippen molar-refractivity contribution < 1.29 is 4.39 Å². The maximum atomic E-state index is 13.0. The highest BCUT2D eigenvalue weighted by molar-refractivity contribution is 5.42. The van der Waals surface area contributed by atoms with E-state index in [-0.39, 0.29) is 11.7 Å². The van der Waals surface area contributed by atoms with Gasteiger partial charge in [0.15, 0.2) is 0 Å². The van der Waals surface area contributed by atoms with E-state index in [1.165, 1.54) is 12.1 Å². The third-order valence-corrected chi connectivity index (χ3v) is 1.87. The second kappa shape index (κ2) is 4.05. The van der Waals surface area contributed by atoms with Crippen molar-refractivity contribution >= 4 is 5.69 Å². The summed E-state index contributed by atoms with van der Waals surface area (Å²) in [6.07, 6.45) is 2.34. The summed E-state index contributed by atoms with van der Waals surface area (Å²) in [7, 11) is 0. The van der Waals surface area contributed by atoms with Crippen molar-refractivity contribution in [3.63, 3.8) is 0 Å². The zero-order valence-corrected chi connectivity index (χ0v) is 7.33. The van der Waals surface area contributed by atoms with Gasteiger partial charge in [0.05, 0.1) is 5.69 Å². The molecule has 0 saturated carbocycles. The SMILES string of the molecule is C=CCC(N)c1ccc(N)c(F)c1. The highest BCUT2D eigenvalue weighted by Crippen LogP contribution is 2.18. The first-order valence-corrected chi connectivity index (χ1v) is 4.06. The van der Waals surface area contributed by atoms with Crippen LogP contribution in [0.5, 0.6) is 0 Å². The van der Waals surface area contributed by atoms with Crippen LogP contribution in [-0.4, -0.2) is 0 Å². The number of hydrogen-bond donors (Lipinski definition) is 2. The van der Waals surface area contributed by atoms with Crippen molar-refractivity contribution in [3.05, 3.63) is 42.2 Å². The van der Waals surface area contributed by atoms with E-state index in [1.807, 2.05) is 0 Å². The molecular formula is C10H13FN2. The molecule has 1 unspecified atom stereocenters. The number of anilines is 1. The van der Waals surface area contributed by atoms with Crippen molar-refractivity contribution in [3.8, 4) is 0 Å². The standard InChI is InChI=1S/C10H13FN2/c1-2-3-9(12)7-4-5-10(13)8(11)6-7/h2,4-6,9H,1,3,12-13H2. The molecule has 0 amide bonds. The van der Waals surface area contributed by atoms with E-state index in [0.717, 1.165) is 5.56 Å². The molecule has 70 valence electrons. The highest BCUT2D eigenvalue weighted by atomic mass is 19.1. The largest absolute Gasteiger partial charge is 0.396 e. The topological polar surface area (TPSA) is 52.0 Å². The Bertz CT molecular complexity index is 310. The van der Waals surface area contributed by atoms with Crippen LogP contribution in [0.4, 0.5) is 10.1 Å². The maximum Gasteiger partial charge on any atom is 0.146 e. The Hall–Kier alpha value is -1.35. The predicted molar refractivity (Wildman–Crippen MR) is 52.6 cm³/mol. The zero-order chi connectivity index (χ0) is 9.84. The second-order valence-electron chi connectivity index (χ2n) is 2.91. The Morgan fingerprint density at radius 1 is 1.54 bits per heavy atom. The lowest BCUT2D eigenvalue weighted by Crippen LogP contribution is -2.09. The number of benzene rings is 1. The van der Waals surface area contributed by atoms with E-state index in [0.29, 0.717) is 6.42 Å². The van der Waals surface area contributed by atoms with E-state index in [1.54, 1.807) is 12.1 Å². The molecule has 13 heavy (non-hydrogen) atoms. The monoisotopic (exact) mass is 180 g/mol. The lowest BCUT2D eigenvalue weighted by Gasteiger charge is -2.09. The van der Waals surface area contributed by atoms with Crippen molar-refractivity contribution in [1.29, 1.82) is 0 Å². The van der Waals surface area contributed by atoms with Crippen molar-refractivity contribution in [1.82, 2.24) is 0 Å². The molecule has 1 rings (SSSR count). The molecule has 0 aliphatic carbocycles. The summed E-state index contributed by atoms with van der Waals surface area (Å²) in [6.45, 7) is 3.57. The van der Waals surface area contributed by atoms with E-state index < -0.39 is 5.82 Å². The van der Waals surface area contributed by atoms with Gasteiger partial charge >= 0.3 is 0 Å². The molecule has 4 N–H and O–H groups in total. The van der Waals surface area contributed by atoms with Crippen LogP contribution >= 0.6 is 0 Å². The maximum absolute atomic E-state index is 13.0. The van der Waals surface area contributed by atoms with Crippen LogP contribution in [0, 0.1) is 5.82 Å². The fraction of sp³-hybridized carbons (Fsp3) is 0.200. The average Bonchev–Trinajstić information content (AvgIpc) is 2.10. The Kier molecular flexibility index (Phi) is 3.03. The molecule has 0 aliphatic heterocycles. The quantitative estimate of drug-likeness (QED) is 0.552. The fourth-order valence-corrected chi connectivity index (χ4v) is 1.09. The number of nitrogen functional groups attached to an aromatic ring is 1. The van der Waals surface area contributed by atoms with Crippen molar-refractivity contribution in [2.24, 2.45) is 5.73 Å². The third kappa shape index (κ3) is 2.29. The van der Waals surface area contributed by atoms with Gasteiger partial charge in [-0.2, -0.15) is 0 Å². The number of halogens is 1. The minimum absolute atomic E-state index is 0.148. The summed E-state index contributed by atoms with van der Waals surface area (Å²) in [6, 6.07) is 4.41. The van der Waals surface area contributed by atoms with Crippen LogP contribution in [0.3, 0.4) is 0 Å². The van der Waals surface area contributed by atoms with E-state index in [4.69, 9.17) is 11.5 Å². The minimum Gasteiger partial charge on any atom is -0.396 e. The van der Waals surface area contributed by atoms with Gasteiger partial charge in [-0.1, -0.05) is 12.1 Å². The number of nitrogens with two attached hydrogens (primary N) is 2. The van der Waals surface area contributed by atoms with Crippen molar-refractivity contribution in [2.75, 3.05) is 5.73 Å².